The number of nitrogens with zero attached hydrogens (tertiary/aromatic N) is 5. The van der Waals surface area contributed by atoms with Crippen molar-refractivity contribution in [3.8, 4) is 17.0 Å². The van der Waals surface area contributed by atoms with Crippen LogP contribution < -0.4 is 4.74 Å². The molecule has 1 aromatic carbocycles. The number of methoxy groups -OCH3 is 1. The van der Waals surface area contributed by atoms with E-state index in [9.17, 15) is 4.39 Å². The fourth-order valence-electron chi connectivity index (χ4n) is 3.48. The zero-order valence-corrected chi connectivity index (χ0v) is 16.4. The van der Waals surface area contributed by atoms with E-state index < -0.39 is 0 Å². The van der Waals surface area contributed by atoms with Crippen molar-refractivity contribution in [3.05, 3.63) is 70.4 Å². The molecular weight excluding hydrogens is 389 g/mol. The maximum atomic E-state index is 14.5. The lowest BCUT2D eigenvalue weighted by atomic mass is 10.2. The second kappa shape index (κ2) is 7.21. The molecule has 8 heteroatoms. The van der Waals surface area contributed by atoms with Gasteiger partial charge in [-0.2, -0.15) is 16.5 Å². The molecule has 0 unspecified atom stereocenters. The average molecular weight is 405 g/mol. The fourth-order valence-corrected chi connectivity index (χ4v) is 4.13. The highest BCUT2D eigenvalue weighted by atomic mass is 32.1. The molecule has 1 aliphatic rings. The van der Waals surface area contributed by atoms with Crippen LogP contribution in [-0.4, -0.2) is 28.9 Å². The third kappa shape index (κ3) is 3.21. The van der Waals surface area contributed by atoms with Gasteiger partial charge in [0.1, 0.15) is 12.3 Å². The SMILES string of the molecule is COc1cc2cc(-c3ccsc3)n(Cc3cccc(C4=NN=NC4)n3)c2cc1F. The summed E-state index contributed by atoms with van der Waals surface area (Å²) >= 11 is 1.63. The van der Waals surface area contributed by atoms with Crippen molar-refractivity contribution in [2.45, 2.75) is 6.54 Å². The molecule has 0 radical (unpaired) electrons. The van der Waals surface area contributed by atoms with Crippen LogP contribution in [0.5, 0.6) is 5.75 Å². The van der Waals surface area contributed by atoms with E-state index in [1.54, 1.807) is 17.4 Å². The number of benzene rings is 1. The van der Waals surface area contributed by atoms with Gasteiger partial charge in [0.2, 0.25) is 0 Å². The number of aromatic nitrogens is 2. The molecule has 6 nitrogen and oxygen atoms in total. The van der Waals surface area contributed by atoms with Crippen molar-refractivity contribution in [2.75, 3.05) is 13.7 Å². The summed E-state index contributed by atoms with van der Waals surface area (Å²) in [5.41, 5.74) is 5.23. The highest BCUT2D eigenvalue weighted by molar-refractivity contribution is 7.08. The quantitative estimate of drug-likeness (QED) is 0.462. The first-order chi connectivity index (χ1) is 14.2. The van der Waals surface area contributed by atoms with Crippen LogP contribution in [0.1, 0.15) is 11.4 Å². The molecule has 4 heterocycles. The molecule has 4 aromatic rings. The summed E-state index contributed by atoms with van der Waals surface area (Å²) in [7, 11) is 1.47. The molecule has 144 valence electrons. The topological polar surface area (TPSA) is 64.1 Å². The van der Waals surface area contributed by atoms with Gasteiger partial charge >= 0.3 is 0 Å². The van der Waals surface area contributed by atoms with Crippen molar-refractivity contribution in [2.24, 2.45) is 15.4 Å². The van der Waals surface area contributed by atoms with Crippen molar-refractivity contribution < 1.29 is 9.13 Å². The van der Waals surface area contributed by atoms with Crippen molar-refractivity contribution >= 4 is 28.0 Å². The number of pyridine rings is 1. The molecule has 0 aliphatic carbocycles. The molecule has 0 amide bonds. The maximum Gasteiger partial charge on any atom is 0.167 e. The summed E-state index contributed by atoms with van der Waals surface area (Å²) in [6.07, 6.45) is 0. The van der Waals surface area contributed by atoms with Gasteiger partial charge in [0.05, 0.1) is 36.3 Å². The number of halogens is 1. The first kappa shape index (κ1) is 17.7. The first-order valence-corrected chi connectivity index (χ1v) is 9.96. The Morgan fingerprint density at radius 3 is 2.90 bits per heavy atom. The number of ether oxygens (including phenoxy) is 1. The highest BCUT2D eigenvalue weighted by Gasteiger charge is 2.16. The average Bonchev–Trinajstić information content (AvgIpc) is 3.49. The summed E-state index contributed by atoms with van der Waals surface area (Å²) < 4.78 is 21.7. The Balaban J connectivity index is 1.63. The second-order valence-electron chi connectivity index (χ2n) is 6.62. The van der Waals surface area contributed by atoms with Gasteiger partial charge in [-0.25, -0.2) is 9.37 Å². The predicted molar refractivity (Wildman–Crippen MR) is 111 cm³/mol. The molecule has 1 aliphatic heterocycles. The zero-order valence-electron chi connectivity index (χ0n) is 15.5. The second-order valence-corrected chi connectivity index (χ2v) is 7.40. The molecule has 0 N–H and O–H groups in total. The first-order valence-electron chi connectivity index (χ1n) is 9.02. The van der Waals surface area contributed by atoms with Crippen LogP contribution in [0.25, 0.3) is 22.2 Å². The largest absolute Gasteiger partial charge is 0.494 e. The summed E-state index contributed by atoms with van der Waals surface area (Å²) in [5.74, 6) is -0.153. The number of rotatable bonds is 5. The molecule has 0 atom stereocenters. The highest BCUT2D eigenvalue weighted by Crippen LogP contribution is 2.33. The van der Waals surface area contributed by atoms with Crippen LogP contribution in [-0.2, 0) is 6.54 Å². The minimum Gasteiger partial charge on any atom is -0.494 e. The van der Waals surface area contributed by atoms with Gasteiger partial charge in [-0.15, -0.1) is 5.10 Å². The van der Waals surface area contributed by atoms with Gasteiger partial charge in [-0.1, -0.05) is 6.07 Å². The van der Waals surface area contributed by atoms with Gasteiger partial charge in [-0.05, 0) is 40.9 Å². The van der Waals surface area contributed by atoms with Crippen molar-refractivity contribution in [3.63, 3.8) is 0 Å². The van der Waals surface area contributed by atoms with Crippen LogP contribution in [0.15, 0.2) is 68.7 Å². The molecule has 0 fully saturated rings. The number of hydrogen-bond donors (Lipinski definition) is 0. The Kier molecular flexibility index (Phi) is 4.40. The Hall–Kier alpha value is -3.39. The Labute approximate surface area is 170 Å². The van der Waals surface area contributed by atoms with Gasteiger partial charge in [0.15, 0.2) is 11.6 Å². The number of fused-ring (bicyclic) bond motifs is 1. The van der Waals surface area contributed by atoms with Crippen LogP contribution in [0.4, 0.5) is 4.39 Å². The molecule has 0 bridgehead atoms. The minimum absolute atomic E-state index is 0.235. The van der Waals surface area contributed by atoms with E-state index in [0.717, 1.165) is 39.3 Å². The number of thiophene rings is 1. The molecule has 0 saturated heterocycles. The van der Waals surface area contributed by atoms with Gasteiger partial charge in [-0.3, -0.25) is 0 Å². The van der Waals surface area contributed by atoms with Gasteiger partial charge in [0, 0.05) is 22.4 Å². The van der Waals surface area contributed by atoms with Crippen molar-refractivity contribution in [1.29, 1.82) is 0 Å². The van der Waals surface area contributed by atoms with E-state index in [0.29, 0.717) is 13.1 Å². The lowest BCUT2D eigenvalue weighted by Crippen LogP contribution is -2.09. The normalized spacial score (nSPS) is 13.2. The van der Waals surface area contributed by atoms with Crippen molar-refractivity contribution in [1.82, 2.24) is 9.55 Å². The summed E-state index contributed by atoms with van der Waals surface area (Å²) in [5, 5.41) is 16.6. The minimum atomic E-state index is -0.388. The third-order valence-electron chi connectivity index (χ3n) is 4.86. The molecule has 29 heavy (non-hydrogen) atoms. The molecular formula is C21H16FN5OS. The molecule has 0 spiro atoms. The van der Waals surface area contributed by atoms with E-state index >= 15 is 0 Å². The fraction of sp³-hybridized carbons (Fsp3) is 0.143. The Morgan fingerprint density at radius 1 is 1.21 bits per heavy atom. The number of hydrogen-bond acceptors (Lipinski definition) is 6. The molecule has 3 aromatic heterocycles. The van der Waals surface area contributed by atoms with E-state index in [1.165, 1.54) is 13.2 Å². The van der Waals surface area contributed by atoms with Crippen LogP contribution in [0.2, 0.25) is 0 Å². The monoisotopic (exact) mass is 405 g/mol. The standard InChI is InChI=1S/C21H16FN5OS/c1-28-21-8-14-7-19(13-5-6-29-12-13)27(20(14)9-16(21)22)11-15-3-2-4-17(24-15)18-10-23-26-25-18/h2-9,12H,10-11H2,1H3. The van der Waals surface area contributed by atoms with Crippen LogP contribution in [0.3, 0.4) is 0 Å². The molecule has 5 rings (SSSR count). The zero-order chi connectivity index (χ0) is 19.8. The lowest BCUT2D eigenvalue weighted by molar-refractivity contribution is 0.387. The van der Waals surface area contributed by atoms with E-state index in [4.69, 9.17) is 9.72 Å². The van der Waals surface area contributed by atoms with Gasteiger partial charge < -0.3 is 9.30 Å². The van der Waals surface area contributed by atoms with Crippen LogP contribution in [0, 0.1) is 5.82 Å². The smallest absolute Gasteiger partial charge is 0.167 e. The summed E-state index contributed by atoms with van der Waals surface area (Å²) in [6, 6.07) is 13.2. The van der Waals surface area contributed by atoms with E-state index in [1.807, 2.05) is 23.6 Å². The summed E-state index contributed by atoms with van der Waals surface area (Å²) in [6.45, 7) is 0.934. The maximum absolute atomic E-state index is 14.5. The Bertz CT molecular complexity index is 1260. The summed E-state index contributed by atoms with van der Waals surface area (Å²) in [4.78, 5) is 4.73. The van der Waals surface area contributed by atoms with Crippen LogP contribution >= 0.6 is 11.3 Å². The van der Waals surface area contributed by atoms with Gasteiger partial charge in [0.25, 0.3) is 0 Å². The lowest BCUT2D eigenvalue weighted by Gasteiger charge is -2.11. The predicted octanol–water partition coefficient (Wildman–Crippen LogP) is 5.13. The third-order valence-corrected chi connectivity index (χ3v) is 5.55. The Morgan fingerprint density at radius 2 is 2.14 bits per heavy atom. The molecule has 0 saturated carbocycles. The van der Waals surface area contributed by atoms with E-state index in [-0.39, 0.29) is 11.6 Å². The van der Waals surface area contributed by atoms with E-state index in [2.05, 4.69) is 37.5 Å².